The summed E-state index contributed by atoms with van der Waals surface area (Å²) in [5.74, 6) is -0.306. The van der Waals surface area contributed by atoms with E-state index in [1.165, 1.54) is 6.07 Å². The second kappa shape index (κ2) is 8.94. The van der Waals surface area contributed by atoms with E-state index < -0.39 is 17.8 Å². The highest BCUT2D eigenvalue weighted by Gasteiger charge is 2.31. The van der Waals surface area contributed by atoms with Crippen LogP contribution in [-0.4, -0.2) is 5.91 Å². The van der Waals surface area contributed by atoms with Crippen LogP contribution in [0.5, 0.6) is 0 Å². The number of halogens is 4. The summed E-state index contributed by atoms with van der Waals surface area (Å²) in [4.78, 5) is 12.3. The van der Waals surface area contributed by atoms with Gasteiger partial charge in [0.2, 0.25) is 5.91 Å². The van der Waals surface area contributed by atoms with Crippen LogP contribution in [0.2, 0.25) is 0 Å². The van der Waals surface area contributed by atoms with Crippen molar-refractivity contribution in [2.24, 2.45) is 5.92 Å². The lowest BCUT2D eigenvalue weighted by atomic mass is 9.94. The molecule has 0 aliphatic carbocycles. The first-order valence-electron chi connectivity index (χ1n) is 7.97. The maximum Gasteiger partial charge on any atom is 0.416 e. The second-order valence-electron chi connectivity index (χ2n) is 6.33. The van der Waals surface area contributed by atoms with E-state index >= 15 is 0 Å². The monoisotopic (exact) mass is 386 g/mol. The fourth-order valence-electron chi connectivity index (χ4n) is 2.59. The third kappa shape index (κ3) is 5.95. The lowest BCUT2D eigenvalue weighted by Gasteiger charge is -2.24. The van der Waals surface area contributed by atoms with Crippen LogP contribution < -0.4 is 11.1 Å². The van der Waals surface area contributed by atoms with E-state index in [1.807, 2.05) is 13.8 Å². The Labute approximate surface area is 157 Å². The number of nitrogens with two attached hydrogens (primary N) is 1. The van der Waals surface area contributed by atoms with Crippen molar-refractivity contribution in [1.82, 2.24) is 5.32 Å². The minimum Gasteiger partial charge on any atom is -0.399 e. The number of carbonyl (C=O) groups is 1. The Morgan fingerprint density at radius 1 is 1.12 bits per heavy atom. The summed E-state index contributed by atoms with van der Waals surface area (Å²) < 4.78 is 38.8. The summed E-state index contributed by atoms with van der Waals surface area (Å²) in [5.41, 5.74) is 6.73. The highest BCUT2D eigenvalue weighted by molar-refractivity contribution is 5.85. The van der Waals surface area contributed by atoms with Crippen LogP contribution in [0, 0.1) is 5.92 Å². The number of rotatable bonds is 5. The average Bonchev–Trinajstić information content (AvgIpc) is 2.54. The first-order valence-corrected chi connectivity index (χ1v) is 7.97. The predicted molar refractivity (Wildman–Crippen MR) is 99.0 cm³/mol. The van der Waals surface area contributed by atoms with E-state index in [9.17, 15) is 18.0 Å². The van der Waals surface area contributed by atoms with Crippen molar-refractivity contribution in [2.75, 3.05) is 5.73 Å². The molecule has 3 N–H and O–H groups in total. The number of nitrogen functional groups attached to an aromatic ring is 1. The van der Waals surface area contributed by atoms with Gasteiger partial charge in [0.25, 0.3) is 0 Å². The Morgan fingerprint density at radius 2 is 1.73 bits per heavy atom. The van der Waals surface area contributed by atoms with Gasteiger partial charge in [0.05, 0.1) is 18.0 Å². The normalized spacial score (nSPS) is 12.4. The SMILES string of the molecule is CC(C)C(NC(=O)Cc1ccc(N)cc1)c1cccc(C(F)(F)F)c1.Cl. The molecule has 2 aromatic rings. The summed E-state index contributed by atoms with van der Waals surface area (Å²) in [6.45, 7) is 3.71. The van der Waals surface area contributed by atoms with Crippen molar-refractivity contribution in [1.29, 1.82) is 0 Å². The Hall–Kier alpha value is -2.21. The Balaban J connectivity index is 0.00000338. The van der Waals surface area contributed by atoms with Gasteiger partial charge in [-0.15, -0.1) is 12.4 Å². The van der Waals surface area contributed by atoms with Gasteiger partial charge in [-0.05, 0) is 41.3 Å². The number of carbonyl (C=O) groups excluding carboxylic acids is 1. The van der Waals surface area contributed by atoms with Gasteiger partial charge in [-0.25, -0.2) is 0 Å². The Morgan fingerprint density at radius 3 is 2.27 bits per heavy atom. The summed E-state index contributed by atoms with van der Waals surface area (Å²) in [7, 11) is 0. The van der Waals surface area contributed by atoms with Gasteiger partial charge in [-0.1, -0.05) is 38.1 Å². The van der Waals surface area contributed by atoms with E-state index in [-0.39, 0.29) is 30.7 Å². The summed E-state index contributed by atoms with van der Waals surface area (Å²) in [5, 5.41) is 2.84. The molecule has 142 valence electrons. The molecule has 2 aromatic carbocycles. The summed E-state index contributed by atoms with van der Waals surface area (Å²) >= 11 is 0. The average molecular weight is 387 g/mol. The topological polar surface area (TPSA) is 55.1 Å². The molecule has 2 rings (SSSR count). The highest BCUT2D eigenvalue weighted by Crippen LogP contribution is 2.32. The number of nitrogens with one attached hydrogen (secondary N) is 1. The molecular formula is C19H22ClF3N2O. The molecule has 0 radical (unpaired) electrons. The smallest absolute Gasteiger partial charge is 0.399 e. The van der Waals surface area contributed by atoms with Gasteiger partial charge in [0, 0.05) is 5.69 Å². The van der Waals surface area contributed by atoms with Crippen molar-refractivity contribution >= 4 is 24.0 Å². The zero-order valence-corrected chi connectivity index (χ0v) is 15.3. The molecule has 0 aromatic heterocycles. The number of hydrogen-bond donors (Lipinski definition) is 2. The molecule has 0 aliphatic rings. The molecule has 0 aliphatic heterocycles. The fourth-order valence-corrected chi connectivity index (χ4v) is 2.59. The third-order valence-corrected chi connectivity index (χ3v) is 3.90. The lowest BCUT2D eigenvalue weighted by Crippen LogP contribution is -2.33. The minimum atomic E-state index is -4.41. The molecule has 1 unspecified atom stereocenters. The summed E-state index contributed by atoms with van der Waals surface area (Å²) in [6.07, 6.45) is -4.27. The zero-order chi connectivity index (χ0) is 18.6. The van der Waals surface area contributed by atoms with E-state index in [4.69, 9.17) is 5.73 Å². The van der Waals surface area contributed by atoms with Crippen molar-refractivity contribution in [3.05, 3.63) is 65.2 Å². The maximum atomic E-state index is 12.9. The quantitative estimate of drug-likeness (QED) is 0.727. The van der Waals surface area contributed by atoms with E-state index in [0.29, 0.717) is 11.3 Å². The molecule has 0 saturated carbocycles. The maximum absolute atomic E-state index is 12.9. The van der Waals surface area contributed by atoms with Crippen LogP contribution >= 0.6 is 12.4 Å². The number of hydrogen-bond acceptors (Lipinski definition) is 2. The van der Waals surface area contributed by atoms with Gasteiger partial charge in [0.1, 0.15) is 0 Å². The summed E-state index contributed by atoms with van der Waals surface area (Å²) in [6, 6.07) is 11.5. The molecule has 0 heterocycles. The predicted octanol–water partition coefficient (Wildman–Crippen LogP) is 4.77. The molecule has 0 bridgehead atoms. The number of benzene rings is 2. The Bertz CT molecular complexity index is 730. The molecule has 7 heteroatoms. The second-order valence-corrected chi connectivity index (χ2v) is 6.33. The van der Waals surface area contributed by atoms with Crippen LogP contribution in [0.4, 0.5) is 18.9 Å². The van der Waals surface area contributed by atoms with Gasteiger partial charge in [-0.3, -0.25) is 4.79 Å². The minimum absolute atomic E-state index is 0. The first-order chi connectivity index (χ1) is 11.7. The number of amides is 1. The van der Waals surface area contributed by atoms with Gasteiger partial charge < -0.3 is 11.1 Å². The van der Waals surface area contributed by atoms with E-state index in [0.717, 1.165) is 17.7 Å². The van der Waals surface area contributed by atoms with Crippen LogP contribution in [0.15, 0.2) is 48.5 Å². The molecule has 0 saturated heterocycles. The number of anilines is 1. The highest BCUT2D eigenvalue weighted by atomic mass is 35.5. The number of alkyl halides is 3. The van der Waals surface area contributed by atoms with E-state index in [2.05, 4.69) is 5.32 Å². The van der Waals surface area contributed by atoms with Crippen LogP contribution in [-0.2, 0) is 17.4 Å². The fraction of sp³-hybridized carbons (Fsp3) is 0.316. The van der Waals surface area contributed by atoms with Crippen LogP contribution in [0.1, 0.15) is 36.6 Å². The Kier molecular flexibility index (Phi) is 7.51. The third-order valence-electron chi connectivity index (χ3n) is 3.90. The van der Waals surface area contributed by atoms with Crippen molar-refractivity contribution in [3.63, 3.8) is 0 Å². The first kappa shape index (κ1) is 21.8. The van der Waals surface area contributed by atoms with Gasteiger partial charge in [-0.2, -0.15) is 13.2 Å². The van der Waals surface area contributed by atoms with Crippen molar-refractivity contribution in [2.45, 2.75) is 32.5 Å². The van der Waals surface area contributed by atoms with Gasteiger partial charge >= 0.3 is 6.18 Å². The van der Waals surface area contributed by atoms with E-state index in [1.54, 1.807) is 30.3 Å². The lowest BCUT2D eigenvalue weighted by molar-refractivity contribution is -0.137. The molecule has 0 spiro atoms. The molecule has 0 fully saturated rings. The molecule has 1 amide bonds. The zero-order valence-electron chi connectivity index (χ0n) is 14.5. The van der Waals surface area contributed by atoms with Crippen molar-refractivity contribution in [3.8, 4) is 0 Å². The van der Waals surface area contributed by atoms with Gasteiger partial charge in [0.15, 0.2) is 0 Å². The van der Waals surface area contributed by atoms with Crippen molar-refractivity contribution < 1.29 is 18.0 Å². The van der Waals surface area contributed by atoms with Crippen LogP contribution in [0.25, 0.3) is 0 Å². The standard InChI is InChI=1S/C19H21F3N2O.ClH/c1-12(2)18(14-4-3-5-15(11-14)19(20,21)22)24-17(25)10-13-6-8-16(23)9-7-13;/h3-9,11-12,18H,10,23H2,1-2H3,(H,24,25);1H. The largest absolute Gasteiger partial charge is 0.416 e. The molecular weight excluding hydrogens is 365 g/mol. The molecule has 26 heavy (non-hydrogen) atoms. The molecule has 1 atom stereocenters. The molecule has 3 nitrogen and oxygen atoms in total. The van der Waals surface area contributed by atoms with Crippen LogP contribution in [0.3, 0.4) is 0 Å².